The van der Waals surface area contributed by atoms with Gasteiger partial charge in [0.05, 0.1) is 6.20 Å². The molecule has 0 bridgehead atoms. The number of hydrazine groups is 2. The first-order chi connectivity index (χ1) is 9.16. The molecule has 0 aromatic heterocycles. The number of nitrogens with zero attached hydrogens (tertiary/aromatic N) is 4. The van der Waals surface area contributed by atoms with Gasteiger partial charge in [0.15, 0.2) is 5.82 Å². The Balaban J connectivity index is 1.83. The van der Waals surface area contributed by atoms with Crippen molar-refractivity contribution in [2.24, 2.45) is 4.99 Å². The summed E-state index contributed by atoms with van der Waals surface area (Å²) in [5.74, 6) is 0.162. The lowest BCUT2D eigenvalue weighted by Crippen LogP contribution is -2.42. The van der Waals surface area contributed by atoms with Gasteiger partial charge in [-0.2, -0.15) is 0 Å². The van der Waals surface area contributed by atoms with Gasteiger partial charge in [0.25, 0.3) is 5.91 Å². The summed E-state index contributed by atoms with van der Waals surface area (Å²) in [6.07, 6.45) is 6.17. The Bertz CT molecular complexity index is 495. The summed E-state index contributed by atoms with van der Waals surface area (Å²) < 4.78 is 1.36. The molecular formula is C11H15N5O2S. The van der Waals surface area contributed by atoms with Gasteiger partial charge in [0.1, 0.15) is 5.57 Å². The Kier molecular flexibility index (Phi) is 3.11. The van der Waals surface area contributed by atoms with E-state index in [1.807, 2.05) is 0 Å². The van der Waals surface area contributed by atoms with Crippen molar-refractivity contribution in [2.45, 2.75) is 19.3 Å². The first kappa shape index (κ1) is 12.4. The number of thiol groups is 1. The van der Waals surface area contributed by atoms with Crippen LogP contribution in [0.15, 0.2) is 28.5 Å². The molecule has 7 nitrogen and oxygen atoms in total. The third-order valence-corrected chi connectivity index (χ3v) is 3.53. The van der Waals surface area contributed by atoms with Crippen molar-refractivity contribution in [3.63, 3.8) is 0 Å². The van der Waals surface area contributed by atoms with E-state index >= 15 is 0 Å². The van der Waals surface area contributed by atoms with E-state index in [0.29, 0.717) is 5.82 Å². The summed E-state index contributed by atoms with van der Waals surface area (Å²) in [5, 5.41) is 11.5. The number of carbonyl (C=O) groups is 1. The maximum Gasteiger partial charge on any atom is 0.260 e. The molecule has 19 heavy (non-hydrogen) atoms. The van der Waals surface area contributed by atoms with Crippen molar-refractivity contribution in [3.05, 3.63) is 23.5 Å². The number of nitrogens with one attached hydrogen (secondary N) is 1. The number of aliphatic imine (C=N–C) groups is 1. The summed E-state index contributed by atoms with van der Waals surface area (Å²) in [7, 11) is 0. The molecule has 1 saturated heterocycles. The number of piperidine rings is 1. The molecule has 0 saturated carbocycles. The molecule has 3 heterocycles. The van der Waals surface area contributed by atoms with Gasteiger partial charge >= 0.3 is 0 Å². The van der Waals surface area contributed by atoms with E-state index in [1.165, 1.54) is 15.6 Å². The minimum absolute atomic E-state index is 0.145. The van der Waals surface area contributed by atoms with Crippen LogP contribution in [-0.2, 0) is 4.79 Å². The highest BCUT2D eigenvalue weighted by atomic mass is 32.1. The Morgan fingerprint density at radius 3 is 2.84 bits per heavy atom. The molecule has 0 radical (unpaired) electrons. The van der Waals surface area contributed by atoms with Crippen LogP contribution in [0.25, 0.3) is 0 Å². The summed E-state index contributed by atoms with van der Waals surface area (Å²) >= 11 is 4.07. The fourth-order valence-corrected chi connectivity index (χ4v) is 2.52. The zero-order chi connectivity index (χ0) is 13.4. The van der Waals surface area contributed by atoms with Crippen LogP contribution in [0.4, 0.5) is 0 Å². The van der Waals surface area contributed by atoms with Gasteiger partial charge in [-0.1, -0.05) is 0 Å². The van der Waals surface area contributed by atoms with Gasteiger partial charge in [-0.05, 0) is 32.1 Å². The Labute approximate surface area is 116 Å². The second-order valence-corrected chi connectivity index (χ2v) is 5.05. The van der Waals surface area contributed by atoms with E-state index in [2.05, 4.69) is 23.3 Å². The molecule has 3 aliphatic heterocycles. The van der Waals surface area contributed by atoms with Crippen molar-refractivity contribution in [3.8, 4) is 0 Å². The first-order valence-electron chi connectivity index (χ1n) is 6.20. The molecule has 0 aromatic rings. The summed E-state index contributed by atoms with van der Waals surface area (Å²) in [6.45, 7) is 1.47. The molecule has 0 aromatic carbocycles. The molecular weight excluding hydrogens is 266 g/mol. The largest absolute Gasteiger partial charge is 0.493 e. The highest BCUT2D eigenvalue weighted by Crippen LogP contribution is 2.24. The number of hydrogen-bond donors (Lipinski definition) is 3. The third-order valence-electron chi connectivity index (χ3n) is 3.32. The Morgan fingerprint density at radius 2 is 2.11 bits per heavy atom. The fraction of sp³-hybridized carbons (Fsp3) is 0.455. The summed E-state index contributed by atoms with van der Waals surface area (Å²) in [4.78, 5) is 18.2. The quantitative estimate of drug-likeness (QED) is 0.612. The molecule has 8 heteroatoms. The topological polar surface area (TPSA) is 71.4 Å². The van der Waals surface area contributed by atoms with Gasteiger partial charge in [-0.25, -0.2) is 14.4 Å². The number of fused-ring (bicyclic) bond motifs is 1. The van der Waals surface area contributed by atoms with E-state index in [9.17, 15) is 9.90 Å². The smallest absolute Gasteiger partial charge is 0.260 e. The summed E-state index contributed by atoms with van der Waals surface area (Å²) in [5.41, 5.74) is 2.94. The summed E-state index contributed by atoms with van der Waals surface area (Å²) in [6, 6.07) is 0. The molecule has 0 unspecified atom stereocenters. The van der Waals surface area contributed by atoms with E-state index < -0.39 is 0 Å². The van der Waals surface area contributed by atoms with Gasteiger partial charge in [-0.15, -0.1) is 5.53 Å². The van der Waals surface area contributed by atoms with Crippen molar-refractivity contribution >= 4 is 24.9 Å². The normalized spacial score (nSPS) is 22.8. The molecule has 1 amide bonds. The zero-order valence-electron chi connectivity index (χ0n) is 10.3. The monoisotopic (exact) mass is 281 g/mol. The number of likely N-dealkylation sites (tertiary alicyclic amines) is 1. The van der Waals surface area contributed by atoms with Crippen LogP contribution in [0, 0.1) is 0 Å². The van der Waals surface area contributed by atoms with E-state index in [4.69, 9.17) is 0 Å². The molecule has 0 spiro atoms. The minimum Gasteiger partial charge on any atom is -0.493 e. The lowest BCUT2D eigenvalue weighted by molar-refractivity contribution is -0.127. The van der Waals surface area contributed by atoms with Crippen LogP contribution in [-0.4, -0.2) is 44.6 Å². The maximum atomic E-state index is 12.3. The van der Waals surface area contributed by atoms with E-state index in [1.54, 1.807) is 11.1 Å². The van der Waals surface area contributed by atoms with Crippen LogP contribution in [0.3, 0.4) is 0 Å². The van der Waals surface area contributed by atoms with E-state index in [0.717, 1.165) is 32.4 Å². The third kappa shape index (κ3) is 2.17. The Hall–Kier alpha value is -1.67. The van der Waals surface area contributed by atoms with Crippen molar-refractivity contribution in [1.82, 2.24) is 19.9 Å². The average molecular weight is 281 g/mol. The molecule has 1 fully saturated rings. The number of aliphatic hydroxyl groups excluding tert-OH is 1. The standard InChI is InChI=1S/C11H15N5O2S/c17-10(14-4-2-1-3-5-14)8-6-12-9-7-15(19)13-16(9)11(8)18/h6-7,13,18-19H,1-5H2. The van der Waals surface area contributed by atoms with Crippen LogP contribution in [0.5, 0.6) is 0 Å². The molecule has 2 N–H and O–H groups in total. The van der Waals surface area contributed by atoms with Crippen molar-refractivity contribution < 1.29 is 9.90 Å². The first-order valence-corrected chi connectivity index (χ1v) is 6.60. The highest BCUT2D eigenvalue weighted by Gasteiger charge is 2.32. The van der Waals surface area contributed by atoms with Gasteiger partial charge < -0.3 is 10.0 Å². The second kappa shape index (κ2) is 4.78. The number of aliphatic hydroxyl groups is 1. The lowest BCUT2D eigenvalue weighted by atomic mass is 10.1. The predicted octanol–water partition coefficient (Wildman–Crippen LogP) is 0.534. The zero-order valence-corrected chi connectivity index (χ0v) is 11.2. The molecule has 3 aliphatic rings. The number of amides is 1. The van der Waals surface area contributed by atoms with Crippen molar-refractivity contribution in [2.75, 3.05) is 13.1 Å². The van der Waals surface area contributed by atoms with Gasteiger partial charge in [0.2, 0.25) is 5.88 Å². The number of carbonyl (C=O) groups excluding carboxylic acids is 1. The van der Waals surface area contributed by atoms with Crippen LogP contribution in [0.1, 0.15) is 19.3 Å². The minimum atomic E-state index is -0.181. The van der Waals surface area contributed by atoms with Crippen LogP contribution >= 0.6 is 12.8 Å². The second-order valence-electron chi connectivity index (χ2n) is 4.62. The lowest BCUT2D eigenvalue weighted by Gasteiger charge is -2.29. The highest BCUT2D eigenvalue weighted by molar-refractivity contribution is 7.77. The average Bonchev–Trinajstić information content (AvgIpc) is 2.81. The van der Waals surface area contributed by atoms with Gasteiger partial charge in [-0.3, -0.25) is 4.79 Å². The van der Waals surface area contributed by atoms with E-state index in [-0.39, 0.29) is 17.4 Å². The molecule has 0 atom stereocenters. The molecule has 3 rings (SSSR count). The molecule has 0 aliphatic carbocycles. The molecule has 102 valence electrons. The van der Waals surface area contributed by atoms with Crippen molar-refractivity contribution in [1.29, 1.82) is 0 Å². The number of rotatable bonds is 1. The van der Waals surface area contributed by atoms with Gasteiger partial charge in [0, 0.05) is 19.3 Å². The Morgan fingerprint density at radius 1 is 1.37 bits per heavy atom. The van der Waals surface area contributed by atoms with Crippen LogP contribution < -0.4 is 5.53 Å². The van der Waals surface area contributed by atoms with Crippen LogP contribution in [0.2, 0.25) is 0 Å². The SMILES string of the molecule is O=C(C1=C(O)N2NN(S)C=C2N=C1)N1CCCCC1. The predicted molar refractivity (Wildman–Crippen MR) is 72.5 cm³/mol. The maximum absolute atomic E-state index is 12.3. The fourth-order valence-electron chi connectivity index (χ4n) is 2.32. The number of hydrogen-bond acceptors (Lipinski definition) is 7.